The van der Waals surface area contributed by atoms with Crippen molar-refractivity contribution in [2.24, 2.45) is 8.73 Å². The molecule has 22 heteroatoms. The van der Waals surface area contributed by atoms with E-state index in [4.69, 9.17) is 42.1 Å². The summed E-state index contributed by atoms with van der Waals surface area (Å²) in [6, 6.07) is 19.8. The lowest BCUT2D eigenvalue weighted by atomic mass is 9.92. The van der Waals surface area contributed by atoms with Gasteiger partial charge in [0.25, 0.3) is 0 Å². The number of hydrogen-bond acceptors (Lipinski definition) is 16. The van der Waals surface area contributed by atoms with Gasteiger partial charge in [-0.2, -0.15) is 8.73 Å². The fourth-order valence-corrected chi connectivity index (χ4v) is 9.57. The zero-order chi connectivity index (χ0) is 55.2. The average molecular weight is 1120 g/mol. The topological polar surface area (TPSA) is 261 Å². The molecular weight excluding hydrogens is 1060 g/mol. The number of carbonyl (C=O) groups is 2. The first-order valence-electron chi connectivity index (χ1n) is 23.8. The molecule has 0 aliphatic heterocycles. The molecule has 6 aromatic rings. The first-order valence-corrected chi connectivity index (χ1v) is 29.2. The van der Waals surface area contributed by atoms with E-state index in [0.717, 1.165) is 33.4 Å². The number of aliphatic carboxylic acids is 2. The Morgan fingerprint density at radius 1 is 0.566 bits per heavy atom. The Hall–Kier alpha value is -6.36. The van der Waals surface area contributed by atoms with E-state index < -0.39 is 43.5 Å². The summed E-state index contributed by atoms with van der Waals surface area (Å²) in [5.41, 5.74) is 8.79. The summed E-state index contributed by atoms with van der Waals surface area (Å²) >= 11 is 13.7. The highest BCUT2D eigenvalue weighted by atomic mass is 35.5. The van der Waals surface area contributed by atoms with E-state index in [1.54, 1.807) is 48.8 Å². The molecule has 6 N–H and O–H groups in total. The van der Waals surface area contributed by atoms with E-state index in [0.29, 0.717) is 56.6 Å². The Labute approximate surface area is 453 Å². The van der Waals surface area contributed by atoms with Crippen molar-refractivity contribution in [1.82, 2.24) is 20.6 Å². The molecule has 0 saturated carbocycles. The van der Waals surface area contributed by atoms with E-state index in [2.05, 4.69) is 29.3 Å². The molecule has 0 unspecified atom stereocenters. The van der Waals surface area contributed by atoms with Crippen LogP contribution in [0.15, 0.2) is 106 Å². The third-order valence-corrected chi connectivity index (χ3v) is 13.6. The number of aromatic nitrogens is 2. The highest BCUT2D eigenvalue weighted by Gasteiger charge is 2.22. The normalized spacial score (nSPS) is 12.4. The molecule has 0 radical (unpaired) electrons. The summed E-state index contributed by atoms with van der Waals surface area (Å²) in [7, 11) is -4.89. The molecule has 0 spiro atoms. The Kier molecular flexibility index (Phi) is 21.0. The predicted octanol–water partition coefficient (Wildman–Crippen LogP) is 8.95. The van der Waals surface area contributed by atoms with Crippen LogP contribution >= 0.6 is 23.2 Å². The second-order valence-corrected chi connectivity index (χ2v) is 24.2. The van der Waals surface area contributed by atoms with Crippen LogP contribution in [-0.4, -0.2) is 101 Å². The summed E-state index contributed by atoms with van der Waals surface area (Å²) in [5, 5.41) is 44.8. The van der Waals surface area contributed by atoms with Gasteiger partial charge in [-0.3, -0.25) is 19.6 Å². The molecule has 0 aliphatic carbocycles. The van der Waals surface area contributed by atoms with Crippen molar-refractivity contribution >= 4 is 66.0 Å². The van der Waals surface area contributed by atoms with Crippen LogP contribution in [0.5, 0.6) is 23.0 Å². The number of pyridine rings is 2. The van der Waals surface area contributed by atoms with Gasteiger partial charge in [0.2, 0.25) is 0 Å². The first-order chi connectivity index (χ1) is 36.1. The van der Waals surface area contributed by atoms with Gasteiger partial charge in [-0.1, -0.05) is 59.6 Å². The van der Waals surface area contributed by atoms with Crippen LogP contribution in [0.1, 0.15) is 57.3 Å². The third-order valence-electron chi connectivity index (χ3n) is 11.7. The third kappa shape index (κ3) is 17.3. The molecule has 76 heavy (non-hydrogen) atoms. The van der Waals surface area contributed by atoms with Gasteiger partial charge in [0, 0.05) is 118 Å². The number of halogens is 2. The molecule has 2 atom stereocenters. The molecule has 0 bridgehead atoms. The molecule has 406 valence electrons. The smallest absolute Gasteiger partial charge is 0.320 e. The number of aliphatic hydroxyl groups excluding tert-OH is 2. The van der Waals surface area contributed by atoms with E-state index in [9.17, 15) is 38.4 Å². The van der Waals surface area contributed by atoms with Crippen molar-refractivity contribution in [2.75, 3.05) is 38.2 Å². The minimum Gasteiger partial charge on any atom is -0.488 e. The van der Waals surface area contributed by atoms with E-state index in [1.165, 1.54) is 37.4 Å². The lowest BCUT2D eigenvalue weighted by Gasteiger charge is -2.20. The Balaban J connectivity index is 1.22. The largest absolute Gasteiger partial charge is 0.488 e. The zero-order valence-corrected chi connectivity index (χ0v) is 46.0. The van der Waals surface area contributed by atoms with Gasteiger partial charge in [0.1, 0.15) is 61.5 Å². The molecule has 2 heterocycles. The van der Waals surface area contributed by atoms with Crippen molar-refractivity contribution in [3.63, 3.8) is 0 Å². The number of nitrogens with zero attached hydrogens (tertiary/aromatic N) is 4. The van der Waals surface area contributed by atoms with Crippen LogP contribution in [-0.2, 0) is 68.6 Å². The van der Waals surface area contributed by atoms with Crippen molar-refractivity contribution < 1.29 is 57.4 Å². The highest BCUT2D eigenvalue weighted by molar-refractivity contribution is 7.92. The van der Waals surface area contributed by atoms with Gasteiger partial charge in [0.15, 0.2) is 0 Å². The number of ether oxygens (including phenoxy) is 4. The van der Waals surface area contributed by atoms with Crippen LogP contribution in [0.25, 0.3) is 11.1 Å². The van der Waals surface area contributed by atoms with Gasteiger partial charge in [0.05, 0.1) is 33.8 Å². The maximum atomic E-state index is 12.4. The summed E-state index contributed by atoms with van der Waals surface area (Å²) in [4.78, 5) is 32.2. The van der Waals surface area contributed by atoms with Crippen molar-refractivity contribution in [2.45, 2.75) is 78.3 Å². The molecule has 0 amide bonds. The van der Waals surface area contributed by atoms with E-state index >= 15 is 0 Å². The molecule has 4 aromatic carbocycles. The summed E-state index contributed by atoms with van der Waals surface area (Å²) in [5.74, 6) is -0.891. The molecule has 6 rings (SSSR count). The molecule has 0 saturated heterocycles. The standard InChI is InChI=1S/C54H62Cl2N6O12S2/c1-33-37(31-73-51-21-49(39(19-45(51)55)25-59-47(13-15-63)53(65)66)71-29-35-17-41(27-57-23-35)61-75(3,4)69)9-7-11-43(33)44-12-8-10-38(34(44)2)32-74-52-22-50(40(20-46(52)56)26-60-48(14-16-64)54(67)68)72-30-36-18-42(28-58-24-36)62-76(5,6)70/h7-12,17-24,27-28,47-48,59-60,63-64H,13-16,25-26,29-32H2,1-6H3,(H,65,66)(H,67,68)/t47-,48-/m1/s1. The number of carboxylic acid groups (broad SMARTS) is 2. The van der Waals surface area contributed by atoms with E-state index in [1.807, 2.05) is 50.2 Å². The van der Waals surface area contributed by atoms with Gasteiger partial charge in [-0.15, -0.1) is 0 Å². The minimum absolute atomic E-state index is 0.0111. The number of nitrogens with one attached hydrogen (secondary N) is 2. The predicted molar refractivity (Wildman–Crippen MR) is 294 cm³/mol. The summed E-state index contributed by atoms with van der Waals surface area (Å²) in [6.07, 6.45) is 12.3. The van der Waals surface area contributed by atoms with Gasteiger partial charge in [-0.05, 0) is 84.3 Å². The highest BCUT2D eigenvalue weighted by Crippen LogP contribution is 2.38. The summed E-state index contributed by atoms with van der Waals surface area (Å²) < 4.78 is 58.5. The van der Waals surface area contributed by atoms with Gasteiger partial charge < -0.3 is 50.0 Å². The fourth-order valence-electron chi connectivity index (χ4n) is 7.88. The first kappa shape index (κ1) is 58.9. The number of aliphatic hydroxyl groups is 2. The Morgan fingerprint density at radius 3 is 1.30 bits per heavy atom. The van der Waals surface area contributed by atoms with Gasteiger partial charge >= 0.3 is 11.9 Å². The lowest BCUT2D eigenvalue weighted by Crippen LogP contribution is -2.37. The number of benzene rings is 4. The molecule has 0 fully saturated rings. The lowest BCUT2D eigenvalue weighted by molar-refractivity contribution is -0.140. The quantitative estimate of drug-likeness (QED) is 0.0281. The maximum absolute atomic E-state index is 12.4. The Bertz CT molecular complexity index is 3080. The van der Waals surface area contributed by atoms with Crippen LogP contribution in [0.3, 0.4) is 0 Å². The van der Waals surface area contributed by atoms with E-state index in [-0.39, 0.29) is 75.6 Å². The average Bonchev–Trinajstić information content (AvgIpc) is 3.35. The number of hydrogen-bond donors (Lipinski definition) is 6. The van der Waals surface area contributed by atoms with Crippen LogP contribution in [0.4, 0.5) is 11.4 Å². The van der Waals surface area contributed by atoms with Crippen molar-refractivity contribution in [3.05, 3.63) is 152 Å². The van der Waals surface area contributed by atoms with Gasteiger partial charge in [-0.25, -0.2) is 8.42 Å². The maximum Gasteiger partial charge on any atom is 0.320 e. The number of carboxylic acids is 2. The van der Waals surface area contributed by atoms with Crippen LogP contribution < -0.4 is 29.6 Å². The molecule has 2 aromatic heterocycles. The van der Waals surface area contributed by atoms with Crippen molar-refractivity contribution in [1.29, 1.82) is 0 Å². The second-order valence-electron chi connectivity index (χ2n) is 18.3. The Morgan fingerprint density at radius 2 is 0.947 bits per heavy atom. The molecule has 18 nitrogen and oxygen atoms in total. The van der Waals surface area contributed by atoms with Crippen LogP contribution in [0.2, 0.25) is 10.0 Å². The molecule has 0 aliphatic rings. The number of rotatable bonds is 27. The molecular formula is C54H62Cl2N6O12S2. The van der Waals surface area contributed by atoms with Crippen molar-refractivity contribution in [3.8, 4) is 34.1 Å². The SMILES string of the molecule is Cc1c(COc2cc(OCc3cncc(N=S(C)(C)=O)c3)c(CN[C@H](CCO)C(=O)O)cc2Cl)cccc1-c1cccc(COc2cc(OCc3cncc(N=S(C)(C)=O)c3)c(CN[C@H](CCO)C(=O)O)cc2Cl)c1C. The van der Waals surface area contributed by atoms with Crippen LogP contribution in [0, 0.1) is 13.8 Å². The zero-order valence-electron chi connectivity index (χ0n) is 42.9. The monoisotopic (exact) mass is 1120 g/mol. The second kappa shape index (κ2) is 27.1. The minimum atomic E-state index is -2.44. The fraction of sp³-hybridized carbons (Fsp3) is 0.333. The summed E-state index contributed by atoms with van der Waals surface area (Å²) in [6.45, 7) is 3.77.